The van der Waals surface area contributed by atoms with E-state index in [1.165, 1.54) is 0 Å². The molecule has 0 aromatic heterocycles. The van der Waals surface area contributed by atoms with Crippen LogP contribution in [0, 0.1) is 0 Å². The van der Waals surface area contributed by atoms with Gasteiger partial charge in [0, 0.05) is 6.42 Å². The minimum absolute atomic E-state index is 0.129. The van der Waals surface area contributed by atoms with Crippen LogP contribution >= 0.6 is 11.8 Å². The van der Waals surface area contributed by atoms with E-state index in [1.807, 2.05) is 13.2 Å². The summed E-state index contributed by atoms with van der Waals surface area (Å²) in [5.74, 6) is 0.870. The molecule has 0 rings (SSSR count). The minimum Gasteiger partial charge on any atom is -0.466 e. The van der Waals surface area contributed by atoms with Crippen LogP contribution in [0.1, 0.15) is 39.0 Å². The summed E-state index contributed by atoms with van der Waals surface area (Å²) in [6.07, 6.45) is 5.65. The SMILES string of the molecule is CCOC(=O)CCCCC(O)CCSC. The number of unbranched alkanes of at least 4 members (excludes halogenated alkanes) is 1. The summed E-state index contributed by atoms with van der Waals surface area (Å²) in [5, 5.41) is 9.52. The minimum atomic E-state index is -0.209. The third-order valence-electron chi connectivity index (χ3n) is 2.13. The Labute approximate surface area is 96.6 Å². The van der Waals surface area contributed by atoms with Crippen molar-refractivity contribution in [1.82, 2.24) is 0 Å². The molecule has 15 heavy (non-hydrogen) atoms. The van der Waals surface area contributed by atoms with Crippen LogP contribution in [0.25, 0.3) is 0 Å². The van der Waals surface area contributed by atoms with E-state index in [0.29, 0.717) is 13.0 Å². The molecule has 0 radical (unpaired) electrons. The van der Waals surface area contributed by atoms with Crippen molar-refractivity contribution in [3.8, 4) is 0 Å². The van der Waals surface area contributed by atoms with E-state index in [9.17, 15) is 9.90 Å². The van der Waals surface area contributed by atoms with Crippen molar-refractivity contribution in [1.29, 1.82) is 0 Å². The number of carbonyl (C=O) groups is 1. The number of carbonyl (C=O) groups excluding carboxylic acids is 1. The molecule has 0 bridgehead atoms. The van der Waals surface area contributed by atoms with Gasteiger partial charge in [-0.2, -0.15) is 11.8 Å². The number of hydrogen-bond donors (Lipinski definition) is 1. The van der Waals surface area contributed by atoms with Crippen LogP contribution < -0.4 is 0 Å². The van der Waals surface area contributed by atoms with Crippen LogP contribution in [0.3, 0.4) is 0 Å². The molecule has 0 aromatic carbocycles. The first-order valence-electron chi connectivity index (χ1n) is 5.53. The number of hydrogen-bond acceptors (Lipinski definition) is 4. The highest BCUT2D eigenvalue weighted by Crippen LogP contribution is 2.09. The molecule has 0 aromatic rings. The monoisotopic (exact) mass is 234 g/mol. The lowest BCUT2D eigenvalue weighted by atomic mass is 10.1. The van der Waals surface area contributed by atoms with Crippen LogP contribution in [-0.4, -0.2) is 35.8 Å². The first-order valence-corrected chi connectivity index (χ1v) is 6.92. The van der Waals surface area contributed by atoms with Crippen molar-refractivity contribution in [3.05, 3.63) is 0 Å². The Hall–Kier alpha value is -0.220. The molecule has 90 valence electrons. The Kier molecular flexibility index (Phi) is 10.2. The Balaban J connectivity index is 3.26. The molecule has 1 unspecified atom stereocenters. The summed E-state index contributed by atoms with van der Waals surface area (Å²) >= 11 is 1.75. The van der Waals surface area contributed by atoms with Crippen LogP contribution in [0.4, 0.5) is 0 Å². The zero-order valence-electron chi connectivity index (χ0n) is 9.70. The molecule has 3 nitrogen and oxygen atoms in total. The Morgan fingerprint density at radius 1 is 1.40 bits per heavy atom. The average Bonchev–Trinajstić information content (AvgIpc) is 2.22. The molecule has 4 heteroatoms. The van der Waals surface area contributed by atoms with Gasteiger partial charge in [-0.1, -0.05) is 6.42 Å². The molecule has 1 atom stereocenters. The molecule has 0 amide bonds. The van der Waals surface area contributed by atoms with Gasteiger partial charge in [0.15, 0.2) is 0 Å². The van der Waals surface area contributed by atoms with Gasteiger partial charge in [-0.25, -0.2) is 0 Å². The largest absolute Gasteiger partial charge is 0.466 e. The van der Waals surface area contributed by atoms with Gasteiger partial charge in [-0.3, -0.25) is 4.79 Å². The first kappa shape index (κ1) is 14.8. The molecule has 1 N–H and O–H groups in total. The van der Waals surface area contributed by atoms with Crippen molar-refractivity contribution in [2.75, 3.05) is 18.6 Å². The van der Waals surface area contributed by atoms with Gasteiger partial charge in [0.2, 0.25) is 0 Å². The normalized spacial score (nSPS) is 12.5. The van der Waals surface area contributed by atoms with Crippen LogP contribution in [0.2, 0.25) is 0 Å². The lowest BCUT2D eigenvalue weighted by molar-refractivity contribution is -0.143. The van der Waals surface area contributed by atoms with Gasteiger partial charge < -0.3 is 9.84 Å². The predicted octanol–water partition coefficient (Wildman–Crippen LogP) is 2.22. The summed E-state index contributed by atoms with van der Waals surface area (Å²) in [7, 11) is 0. The number of aliphatic hydroxyl groups is 1. The van der Waals surface area contributed by atoms with Gasteiger partial charge in [0.05, 0.1) is 12.7 Å². The van der Waals surface area contributed by atoms with E-state index in [0.717, 1.165) is 31.4 Å². The maximum absolute atomic E-state index is 11.0. The van der Waals surface area contributed by atoms with E-state index >= 15 is 0 Å². The van der Waals surface area contributed by atoms with Gasteiger partial charge in [-0.05, 0) is 38.2 Å². The molecule has 0 saturated carbocycles. The van der Waals surface area contributed by atoms with Crippen molar-refractivity contribution in [3.63, 3.8) is 0 Å². The second-order valence-corrected chi connectivity index (χ2v) is 4.47. The molecular weight excluding hydrogens is 212 g/mol. The second kappa shape index (κ2) is 10.3. The van der Waals surface area contributed by atoms with Crippen molar-refractivity contribution >= 4 is 17.7 Å². The summed E-state index contributed by atoms with van der Waals surface area (Å²) in [6, 6.07) is 0. The lowest BCUT2D eigenvalue weighted by Crippen LogP contribution is -2.08. The lowest BCUT2D eigenvalue weighted by Gasteiger charge is -2.08. The van der Waals surface area contributed by atoms with Crippen molar-refractivity contribution in [2.45, 2.75) is 45.1 Å². The number of thioether (sulfide) groups is 1. The molecule has 0 aliphatic rings. The Morgan fingerprint density at radius 2 is 2.13 bits per heavy atom. The van der Waals surface area contributed by atoms with Gasteiger partial charge in [-0.15, -0.1) is 0 Å². The van der Waals surface area contributed by atoms with E-state index in [-0.39, 0.29) is 12.1 Å². The zero-order valence-corrected chi connectivity index (χ0v) is 10.5. The quantitative estimate of drug-likeness (QED) is 0.491. The molecule has 0 fully saturated rings. The van der Waals surface area contributed by atoms with E-state index in [1.54, 1.807) is 11.8 Å². The molecule has 0 aliphatic carbocycles. The van der Waals surface area contributed by atoms with Crippen molar-refractivity contribution in [2.24, 2.45) is 0 Å². The van der Waals surface area contributed by atoms with E-state index in [2.05, 4.69) is 0 Å². The fourth-order valence-electron chi connectivity index (χ4n) is 1.28. The van der Waals surface area contributed by atoms with Crippen molar-refractivity contribution < 1.29 is 14.6 Å². The van der Waals surface area contributed by atoms with Gasteiger partial charge in [0.25, 0.3) is 0 Å². The third-order valence-corrected chi connectivity index (χ3v) is 2.77. The van der Waals surface area contributed by atoms with E-state index in [4.69, 9.17) is 4.74 Å². The third kappa shape index (κ3) is 10.1. The van der Waals surface area contributed by atoms with Crippen LogP contribution in [0.15, 0.2) is 0 Å². The fourth-order valence-corrected chi connectivity index (χ4v) is 1.79. The highest BCUT2D eigenvalue weighted by molar-refractivity contribution is 7.98. The number of aliphatic hydroxyl groups excluding tert-OH is 1. The maximum Gasteiger partial charge on any atom is 0.305 e. The predicted molar refractivity (Wildman–Crippen MR) is 64.1 cm³/mol. The maximum atomic E-state index is 11.0. The van der Waals surface area contributed by atoms with Crippen LogP contribution in [-0.2, 0) is 9.53 Å². The molecule has 0 saturated heterocycles. The second-order valence-electron chi connectivity index (χ2n) is 3.49. The number of rotatable bonds is 9. The molecular formula is C11H22O3S. The highest BCUT2D eigenvalue weighted by Gasteiger charge is 2.05. The number of esters is 1. The highest BCUT2D eigenvalue weighted by atomic mass is 32.2. The average molecular weight is 234 g/mol. The Morgan fingerprint density at radius 3 is 2.73 bits per heavy atom. The zero-order chi connectivity index (χ0) is 11.5. The smallest absolute Gasteiger partial charge is 0.305 e. The number of ether oxygens (including phenoxy) is 1. The molecule has 0 aliphatic heterocycles. The topological polar surface area (TPSA) is 46.5 Å². The first-order chi connectivity index (χ1) is 7.20. The summed E-state index contributed by atoms with van der Waals surface area (Å²) in [5.41, 5.74) is 0. The summed E-state index contributed by atoms with van der Waals surface area (Å²) in [4.78, 5) is 11.0. The Bertz CT molecular complexity index is 162. The summed E-state index contributed by atoms with van der Waals surface area (Å²) < 4.78 is 4.81. The standard InChI is InChI=1S/C11H22O3S/c1-3-14-11(13)7-5-4-6-10(12)8-9-15-2/h10,12H,3-9H2,1-2H3. The van der Waals surface area contributed by atoms with Gasteiger partial charge in [0.1, 0.15) is 0 Å². The van der Waals surface area contributed by atoms with E-state index < -0.39 is 0 Å². The molecule has 0 spiro atoms. The van der Waals surface area contributed by atoms with Crippen LogP contribution in [0.5, 0.6) is 0 Å². The summed E-state index contributed by atoms with van der Waals surface area (Å²) in [6.45, 7) is 2.26. The fraction of sp³-hybridized carbons (Fsp3) is 0.909. The van der Waals surface area contributed by atoms with Gasteiger partial charge >= 0.3 is 5.97 Å². The molecule has 0 heterocycles.